The minimum absolute atomic E-state index is 0.446. The van der Waals surface area contributed by atoms with Crippen LogP contribution in [0.2, 0.25) is 0 Å². The maximum atomic E-state index is 10.5. The van der Waals surface area contributed by atoms with E-state index >= 15 is 0 Å². The first-order chi connectivity index (χ1) is 5.55. The summed E-state index contributed by atoms with van der Waals surface area (Å²) in [5, 5.41) is 7.33. The molecular weight excluding hydrogens is 222 g/mol. The fourth-order valence-electron chi connectivity index (χ4n) is 0.580. The zero-order chi connectivity index (χ0) is 10.9. The van der Waals surface area contributed by atoms with Gasteiger partial charge in [0.15, 0.2) is 5.06 Å². The average molecular weight is 232 g/mol. The summed E-state index contributed by atoms with van der Waals surface area (Å²) in [6.07, 6.45) is -0.892. The molecule has 0 aliphatic rings. The first-order valence-electron chi connectivity index (χ1n) is 3.07. The van der Waals surface area contributed by atoms with Crippen molar-refractivity contribution in [1.82, 2.24) is 0 Å². The molecule has 7 nitrogen and oxygen atoms in total. The second-order valence-corrected chi connectivity index (χ2v) is 5.85. The van der Waals surface area contributed by atoms with Gasteiger partial charge in [0.2, 0.25) is 0 Å². The highest BCUT2D eigenvalue weighted by Gasteiger charge is 2.36. The van der Waals surface area contributed by atoms with E-state index in [0.717, 1.165) is 6.92 Å². The van der Waals surface area contributed by atoms with Crippen LogP contribution in [0.25, 0.3) is 0 Å². The van der Waals surface area contributed by atoms with Gasteiger partial charge in [0, 0.05) is 0 Å². The number of rotatable bonds is 3. The summed E-state index contributed by atoms with van der Waals surface area (Å²) in [6.45, 7) is 1.12. The topological polar surface area (TPSA) is 135 Å². The molecule has 0 radical (unpaired) electrons. The van der Waals surface area contributed by atoms with E-state index in [1.807, 2.05) is 0 Å². The highest BCUT2D eigenvalue weighted by molar-refractivity contribution is 7.77. The van der Waals surface area contributed by atoms with Gasteiger partial charge in [-0.15, -0.1) is 0 Å². The molecule has 0 aliphatic carbocycles. The van der Waals surface area contributed by atoms with Crippen molar-refractivity contribution in [2.45, 2.75) is 13.0 Å². The maximum Gasteiger partial charge on any atom is 0.364 e. The third-order valence-corrected chi connectivity index (χ3v) is 4.04. The van der Waals surface area contributed by atoms with Crippen LogP contribution in [0.1, 0.15) is 6.92 Å². The van der Waals surface area contributed by atoms with Gasteiger partial charge in [0.05, 0.1) is 6.10 Å². The third-order valence-electron chi connectivity index (χ3n) is 0.987. The quantitative estimate of drug-likeness (QED) is 0.416. The van der Waals surface area contributed by atoms with Gasteiger partial charge in [0.25, 0.3) is 0 Å². The van der Waals surface area contributed by atoms with Crippen molar-refractivity contribution in [3.8, 4) is 0 Å². The average Bonchev–Trinajstić information content (AvgIpc) is 1.77. The van der Waals surface area contributed by atoms with Gasteiger partial charge >= 0.3 is 15.2 Å². The molecule has 5 N–H and O–H groups in total. The Balaban J connectivity index is 5.27. The Morgan fingerprint density at radius 2 is 1.46 bits per heavy atom. The molecule has 0 bridgehead atoms. The largest absolute Gasteiger partial charge is 0.389 e. The standard InChI is InChI=1S/C4H10O7P2/c1-3(5)2-4(12(6,7)8)13(9,10)11/h2-3,5H,1H3,(H2,6,7,8)(H2,9,10,11). The molecule has 0 heterocycles. The van der Waals surface area contributed by atoms with Crippen LogP contribution < -0.4 is 0 Å². The van der Waals surface area contributed by atoms with E-state index in [2.05, 4.69) is 0 Å². The minimum atomic E-state index is -5.01. The first-order valence-corrected chi connectivity index (χ1v) is 6.29. The Morgan fingerprint density at radius 1 is 1.15 bits per heavy atom. The molecule has 0 spiro atoms. The lowest BCUT2D eigenvalue weighted by Gasteiger charge is -2.11. The molecule has 0 aliphatic heterocycles. The van der Waals surface area contributed by atoms with Gasteiger partial charge in [-0.3, -0.25) is 9.13 Å². The summed E-state index contributed by atoms with van der Waals surface area (Å²) in [5.41, 5.74) is 0. The Morgan fingerprint density at radius 3 is 1.54 bits per heavy atom. The molecule has 9 heteroatoms. The molecular formula is C4H10O7P2. The number of hydrogen-bond acceptors (Lipinski definition) is 3. The van der Waals surface area contributed by atoms with Crippen LogP contribution >= 0.6 is 15.2 Å². The molecule has 0 aromatic rings. The van der Waals surface area contributed by atoms with E-state index < -0.39 is 26.4 Å². The van der Waals surface area contributed by atoms with Crippen LogP contribution in [0.5, 0.6) is 0 Å². The zero-order valence-electron chi connectivity index (χ0n) is 6.60. The molecule has 0 fully saturated rings. The molecule has 0 amide bonds. The second kappa shape index (κ2) is 4.02. The minimum Gasteiger partial charge on any atom is -0.389 e. The fraction of sp³-hybridized carbons (Fsp3) is 0.500. The van der Waals surface area contributed by atoms with Crippen molar-refractivity contribution in [2.75, 3.05) is 0 Å². The van der Waals surface area contributed by atoms with Gasteiger partial charge in [-0.1, -0.05) is 0 Å². The van der Waals surface area contributed by atoms with Crippen LogP contribution in [0, 0.1) is 0 Å². The molecule has 0 saturated carbocycles. The SMILES string of the molecule is CC(O)C=C(P(=O)(O)O)P(=O)(O)O. The molecule has 0 rings (SSSR count). The van der Waals surface area contributed by atoms with Crippen molar-refractivity contribution in [2.24, 2.45) is 0 Å². The summed E-state index contributed by atoms with van der Waals surface area (Å²) < 4.78 is 21.1. The Kier molecular flexibility index (Phi) is 4.02. The van der Waals surface area contributed by atoms with Crippen LogP contribution in [0.4, 0.5) is 0 Å². The van der Waals surface area contributed by atoms with Crippen LogP contribution in [-0.2, 0) is 9.13 Å². The fourth-order valence-corrected chi connectivity index (χ4v) is 2.76. The lowest BCUT2D eigenvalue weighted by molar-refractivity contribution is 0.243. The van der Waals surface area contributed by atoms with E-state index in [1.165, 1.54) is 0 Å². The number of hydrogen-bond donors (Lipinski definition) is 5. The Hall–Kier alpha value is -0.0000000000000000971. The molecule has 1 atom stereocenters. The Bertz CT molecular complexity index is 270. The lowest BCUT2D eigenvalue weighted by Crippen LogP contribution is -1.98. The van der Waals surface area contributed by atoms with Gasteiger partial charge in [0.1, 0.15) is 0 Å². The smallest absolute Gasteiger partial charge is 0.364 e. The summed E-state index contributed by atoms with van der Waals surface area (Å²) in [4.78, 5) is 34.0. The van der Waals surface area contributed by atoms with Crippen molar-refractivity contribution in [1.29, 1.82) is 0 Å². The predicted octanol–water partition coefficient (Wildman–Crippen LogP) is -0.436. The summed E-state index contributed by atoms with van der Waals surface area (Å²) >= 11 is 0. The van der Waals surface area contributed by atoms with Gasteiger partial charge in [-0.25, -0.2) is 0 Å². The molecule has 1 unspecified atom stereocenters. The van der Waals surface area contributed by atoms with Crippen LogP contribution in [-0.4, -0.2) is 30.8 Å². The summed E-state index contributed by atoms with van der Waals surface area (Å²) in [7, 11) is -10.0. The normalized spacial score (nSPS) is 15.2. The molecule has 78 valence electrons. The van der Waals surface area contributed by atoms with Crippen LogP contribution in [0.3, 0.4) is 0 Å². The zero-order valence-corrected chi connectivity index (χ0v) is 8.39. The molecule has 0 saturated heterocycles. The van der Waals surface area contributed by atoms with Gasteiger partial charge < -0.3 is 24.7 Å². The maximum absolute atomic E-state index is 10.5. The monoisotopic (exact) mass is 232 g/mol. The molecule has 0 aromatic carbocycles. The summed E-state index contributed by atoms with van der Waals surface area (Å²) in [6, 6.07) is 0. The van der Waals surface area contributed by atoms with Gasteiger partial charge in [-0.2, -0.15) is 0 Å². The third kappa shape index (κ3) is 4.69. The molecule has 0 aromatic heterocycles. The van der Waals surface area contributed by atoms with E-state index in [1.54, 1.807) is 0 Å². The first kappa shape index (κ1) is 13.0. The lowest BCUT2D eigenvalue weighted by atomic mass is 10.4. The second-order valence-electron chi connectivity index (χ2n) is 2.35. The number of aliphatic hydroxyl groups excluding tert-OH is 1. The van der Waals surface area contributed by atoms with E-state index in [0.29, 0.717) is 6.08 Å². The van der Waals surface area contributed by atoms with Crippen molar-refractivity contribution < 1.29 is 33.8 Å². The Labute approximate surface area is 74.0 Å². The van der Waals surface area contributed by atoms with E-state index in [9.17, 15) is 9.13 Å². The van der Waals surface area contributed by atoms with Crippen LogP contribution in [0.15, 0.2) is 11.1 Å². The van der Waals surface area contributed by atoms with Crippen molar-refractivity contribution in [3.05, 3.63) is 11.1 Å². The highest BCUT2D eigenvalue weighted by Crippen LogP contribution is 2.63. The van der Waals surface area contributed by atoms with E-state index in [-0.39, 0.29) is 0 Å². The van der Waals surface area contributed by atoms with E-state index in [4.69, 9.17) is 24.7 Å². The van der Waals surface area contributed by atoms with Crippen molar-refractivity contribution in [3.63, 3.8) is 0 Å². The van der Waals surface area contributed by atoms with Gasteiger partial charge in [-0.05, 0) is 13.0 Å². The highest BCUT2D eigenvalue weighted by atomic mass is 31.2. The number of aliphatic hydroxyl groups is 1. The van der Waals surface area contributed by atoms with Crippen molar-refractivity contribution >= 4 is 15.2 Å². The predicted molar refractivity (Wildman–Crippen MR) is 43.9 cm³/mol. The summed E-state index contributed by atoms with van der Waals surface area (Å²) in [5.74, 6) is 0. The molecule has 13 heavy (non-hydrogen) atoms.